The van der Waals surface area contributed by atoms with Crippen LogP contribution in [0, 0.1) is 0 Å². The molecule has 1 aliphatic rings. The molecule has 0 spiro atoms. The van der Waals surface area contributed by atoms with Gasteiger partial charge in [-0.15, -0.1) is 0 Å². The highest BCUT2D eigenvalue weighted by Crippen LogP contribution is 2.28. The number of ether oxygens (including phenoxy) is 1. The Kier molecular flexibility index (Phi) is 6.07. The molecule has 0 radical (unpaired) electrons. The highest BCUT2D eigenvalue weighted by Gasteiger charge is 2.16. The zero-order valence-electron chi connectivity index (χ0n) is 14.9. The van der Waals surface area contributed by atoms with Gasteiger partial charge in [-0.05, 0) is 24.6 Å². The molecule has 3 rings (SSSR count). The zero-order chi connectivity index (χ0) is 17.5. The molecule has 1 fully saturated rings. The molecule has 132 valence electrons. The predicted octanol–water partition coefficient (Wildman–Crippen LogP) is 2.59. The fourth-order valence-corrected chi connectivity index (χ4v) is 3.36. The number of nitrogens with one attached hydrogen (secondary N) is 1. The first kappa shape index (κ1) is 17.5. The molecule has 1 saturated heterocycles. The Hall–Kier alpha value is -2.33. The van der Waals surface area contributed by atoms with E-state index in [2.05, 4.69) is 29.3 Å². The average Bonchev–Trinajstić information content (AvgIpc) is 3.13. The zero-order valence-corrected chi connectivity index (χ0v) is 14.9. The second-order valence-electron chi connectivity index (χ2n) is 6.50. The van der Waals surface area contributed by atoms with Gasteiger partial charge in [0.05, 0.1) is 26.2 Å². The number of rotatable bonds is 7. The third-order valence-electron chi connectivity index (χ3n) is 4.69. The van der Waals surface area contributed by atoms with Crippen molar-refractivity contribution >= 4 is 6.21 Å². The van der Waals surface area contributed by atoms with E-state index in [0.29, 0.717) is 24.5 Å². The summed E-state index contributed by atoms with van der Waals surface area (Å²) in [7, 11) is 0. The molecule has 2 aromatic carbocycles. The largest absolute Gasteiger partial charge is 0.504 e. The fourth-order valence-electron chi connectivity index (χ4n) is 3.36. The minimum absolute atomic E-state index is 0.155. The maximum atomic E-state index is 10.2. The third-order valence-corrected chi connectivity index (χ3v) is 4.69. The van der Waals surface area contributed by atoms with Gasteiger partial charge in [0.15, 0.2) is 11.5 Å². The number of benzene rings is 2. The Morgan fingerprint density at radius 2 is 1.84 bits per heavy atom. The summed E-state index contributed by atoms with van der Waals surface area (Å²) in [5, 5.41) is 10.2. The van der Waals surface area contributed by atoms with Crippen LogP contribution in [0.3, 0.4) is 0 Å². The Bertz CT molecular complexity index is 722. The SMILES string of the molecule is CCOc1cccc(C=NCc2ccccc2C[NH+]2CCCC2)c1O. The Balaban J connectivity index is 1.69. The molecule has 0 unspecified atom stereocenters. The maximum Gasteiger partial charge on any atom is 0.166 e. The van der Waals surface area contributed by atoms with Crippen LogP contribution in [-0.2, 0) is 13.1 Å². The number of hydrogen-bond acceptors (Lipinski definition) is 3. The molecule has 0 aromatic heterocycles. The van der Waals surface area contributed by atoms with E-state index >= 15 is 0 Å². The number of aliphatic imine (C=N–C) groups is 1. The van der Waals surface area contributed by atoms with E-state index in [1.54, 1.807) is 17.2 Å². The average molecular weight is 339 g/mol. The van der Waals surface area contributed by atoms with E-state index in [1.807, 2.05) is 19.1 Å². The van der Waals surface area contributed by atoms with Crippen molar-refractivity contribution in [2.45, 2.75) is 32.9 Å². The summed E-state index contributed by atoms with van der Waals surface area (Å²) in [5.41, 5.74) is 3.33. The van der Waals surface area contributed by atoms with E-state index in [4.69, 9.17) is 4.74 Å². The molecule has 4 heteroatoms. The van der Waals surface area contributed by atoms with Gasteiger partial charge in [0.1, 0.15) is 6.54 Å². The number of quaternary nitrogens is 1. The normalized spacial score (nSPS) is 15.1. The Morgan fingerprint density at radius 1 is 1.08 bits per heavy atom. The van der Waals surface area contributed by atoms with Gasteiger partial charge in [-0.2, -0.15) is 0 Å². The lowest BCUT2D eigenvalue weighted by Crippen LogP contribution is -3.08. The lowest BCUT2D eigenvalue weighted by atomic mass is 10.1. The van der Waals surface area contributed by atoms with Crippen molar-refractivity contribution in [2.24, 2.45) is 4.99 Å². The van der Waals surface area contributed by atoms with Crippen molar-refractivity contribution in [3.05, 3.63) is 59.2 Å². The Morgan fingerprint density at radius 3 is 2.60 bits per heavy atom. The second-order valence-corrected chi connectivity index (χ2v) is 6.50. The summed E-state index contributed by atoms with van der Waals surface area (Å²) < 4.78 is 5.42. The molecule has 0 bridgehead atoms. The minimum atomic E-state index is 0.155. The number of likely N-dealkylation sites (tertiary alicyclic amines) is 1. The lowest BCUT2D eigenvalue weighted by Gasteiger charge is -2.14. The van der Waals surface area contributed by atoms with Crippen LogP contribution in [0.1, 0.15) is 36.5 Å². The van der Waals surface area contributed by atoms with Crippen LogP contribution in [-0.4, -0.2) is 31.0 Å². The second kappa shape index (κ2) is 8.67. The third kappa shape index (κ3) is 4.60. The first-order valence-electron chi connectivity index (χ1n) is 9.13. The summed E-state index contributed by atoms with van der Waals surface area (Å²) in [6.45, 7) is 6.68. The number of hydrogen-bond donors (Lipinski definition) is 2. The van der Waals surface area contributed by atoms with Crippen LogP contribution in [0.4, 0.5) is 0 Å². The van der Waals surface area contributed by atoms with Gasteiger partial charge in [-0.25, -0.2) is 0 Å². The van der Waals surface area contributed by atoms with Gasteiger partial charge in [-0.3, -0.25) is 4.99 Å². The van der Waals surface area contributed by atoms with Crippen molar-refractivity contribution in [3.8, 4) is 11.5 Å². The van der Waals surface area contributed by atoms with Crippen LogP contribution in [0.5, 0.6) is 11.5 Å². The van der Waals surface area contributed by atoms with Crippen LogP contribution < -0.4 is 9.64 Å². The molecule has 0 saturated carbocycles. The molecule has 2 N–H and O–H groups in total. The Labute approximate surface area is 149 Å². The highest BCUT2D eigenvalue weighted by atomic mass is 16.5. The number of aromatic hydroxyl groups is 1. The van der Waals surface area contributed by atoms with Crippen molar-refractivity contribution in [1.82, 2.24) is 0 Å². The van der Waals surface area contributed by atoms with Gasteiger partial charge >= 0.3 is 0 Å². The number of para-hydroxylation sites is 1. The van der Waals surface area contributed by atoms with Crippen molar-refractivity contribution < 1.29 is 14.7 Å². The van der Waals surface area contributed by atoms with Gasteiger partial charge in [0.25, 0.3) is 0 Å². The molecule has 25 heavy (non-hydrogen) atoms. The smallest absolute Gasteiger partial charge is 0.166 e. The lowest BCUT2D eigenvalue weighted by molar-refractivity contribution is -0.901. The molecule has 0 atom stereocenters. The first-order valence-corrected chi connectivity index (χ1v) is 9.13. The first-order chi connectivity index (χ1) is 12.3. The number of phenolic OH excluding ortho intramolecular Hbond substituents is 1. The predicted molar refractivity (Wildman–Crippen MR) is 101 cm³/mol. The molecule has 0 aliphatic carbocycles. The van der Waals surface area contributed by atoms with Crippen LogP contribution >= 0.6 is 0 Å². The summed E-state index contributed by atoms with van der Waals surface area (Å²) >= 11 is 0. The summed E-state index contributed by atoms with van der Waals surface area (Å²) in [5.74, 6) is 0.660. The fraction of sp³-hybridized carbons (Fsp3) is 0.381. The molecule has 1 heterocycles. The monoisotopic (exact) mass is 339 g/mol. The van der Waals surface area contributed by atoms with Crippen molar-refractivity contribution in [1.29, 1.82) is 0 Å². The molecule has 1 aliphatic heterocycles. The van der Waals surface area contributed by atoms with E-state index in [9.17, 15) is 5.11 Å². The van der Waals surface area contributed by atoms with Gasteiger partial charge < -0.3 is 14.7 Å². The molecule has 0 amide bonds. The molecule has 4 nitrogen and oxygen atoms in total. The van der Waals surface area contributed by atoms with Crippen LogP contribution in [0.15, 0.2) is 47.5 Å². The van der Waals surface area contributed by atoms with E-state index in [1.165, 1.54) is 37.1 Å². The quantitative estimate of drug-likeness (QED) is 0.762. The maximum absolute atomic E-state index is 10.2. The molecular formula is C21H27N2O2+. The van der Waals surface area contributed by atoms with E-state index < -0.39 is 0 Å². The van der Waals surface area contributed by atoms with Crippen LogP contribution in [0.25, 0.3) is 0 Å². The number of phenols is 1. The molecule has 2 aromatic rings. The van der Waals surface area contributed by atoms with Crippen molar-refractivity contribution in [2.75, 3.05) is 19.7 Å². The van der Waals surface area contributed by atoms with E-state index in [0.717, 1.165) is 6.54 Å². The van der Waals surface area contributed by atoms with Gasteiger partial charge in [0, 0.05) is 30.2 Å². The van der Waals surface area contributed by atoms with Gasteiger partial charge in [-0.1, -0.05) is 30.3 Å². The van der Waals surface area contributed by atoms with Crippen molar-refractivity contribution in [3.63, 3.8) is 0 Å². The summed E-state index contributed by atoms with van der Waals surface area (Å²) in [6.07, 6.45) is 4.41. The van der Waals surface area contributed by atoms with Crippen LogP contribution in [0.2, 0.25) is 0 Å². The topological polar surface area (TPSA) is 46.3 Å². The standard InChI is InChI=1S/C21H26N2O2/c1-2-25-20-11-7-10-18(21(20)24)15-22-14-17-8-3-4-9-19(17)16-23-12-5-6-13-23/h3-4,7-11,15,24H,2,5-6,12-14,16H2,1H3/p+1. The minimum Gasteiger partial charge on any atom is -0.504 e. The van der Waals surface area contributed by atoms with E-state index in [-0.39, 0.29) is 5.75 Å². The molecular weight excluding hydrogens is 312 g/mol. The highest BCUT2D eigenvalue weighted by molar-refractivity contribution is 5.84. The summed E-state index contributed by atoms with van der Waals surface area (Å²) in [6, 6.07) is 14.0. The van der Waals surface area contributed by atoms with Gasteiger partial charge in [0.2, 0.25) is 0 Å². The number of nitrogens with zero attached hydrogens (tertiary/aromatic N) is 1. The summed E-state index contributed by atoms with van der Waals surface area (Å²) in [4.78, 5) is 6.22.